The van der Waals surface area contributed by atoms with Crippen LogP contribution in [0.15, 0.2) is 35.9 Å². The smallest absolute Gasteiger partial charge is 0.338 e. The van der Waals surface area contributed by atoms with Crippen LogP contribution in [-0.2, 0) is 14.3 Å². The first-order valence-electron chi connectivity index (χ1n) is 10.6. The highest BCUT2D eigenvalue weighted by Crippen LogP contribution is 2.59. The van der Waals surface area contributed by atoms with Gasteiger partial charge < -0.3 is 24.8 Å². The summed E-state index contributed by atoms with van der Waals surface area (Å²) in [7, 11) is 0. The van der Waals surface area contributed by atoms with Crippen molar-refractivity contribution in [2.45, 2.75) is 71.4 Å². The standard InChI is InChI=1S/C24H32O7/c1-13(2)24(29)20(30-15(4)25)12-23(5)19(27)11-14(3)10-18(21(23)24)31-22(28)16-6-8-17(26)9-7-16/h6-10,13,18-21,26-27,29H,11-12H2,1-5H3/t18-,19?,20?,21?,23+,24-/m0/s1. The van der Waals surface area contributed by atoms with Crippen LogP contribution in [0.4, 0.5) is 0 Å². The first-order chi connectivity index (χ1) is 14.4. The first kappa shape index (κ1) is 23.3. The topological polar surface area (TPSA) is 113 Å². The minimum absolute atomic E-state index is 0.0339. The number of hydrogen-bond donors (Lipinski definition) is 3. The molecular formula is C24H32O7. The molecule has 6 atom stereocenters. The lowest BCUT2D eigenvalue weighted by molar-refractivity contribution is -0.178. The summed E-state index contributed by atoms with van der Waals surface area (Å²) in [6.07, 6.45) is -0.0893. The van der Waals surface area contributed by atoms with Crippen molar-refractivity contribution in [1.29, 1.82) is 0 Å². The summed E-state index contributed by atoms with van der Waals surface area (Å²) in [4.78, 5) is 24.7. The van der Waals surface area contributed by atoms with Crippen LogP contribution in [0.2, 0.25) is 0 Å². The minimum Gasteiger partial charge on any atom is -0.508 e. The molecule has 0 radical (unpaired) electrons. The third kappa shape index (κ3) is 4.08. The van der Waals surface area contributed by atoms with Gasteiger partial charge in [-0.3, -0.25) is 4.79 Å². The largest absolute Gasteiger partial charge is 0.508 e. The number of fused-ring (bicyclic) bond motifs is 1. The molecule has 0 amide bonds. The van der Waals surface area contributed by atoms with Gasteiger partial charge in [-0.15, -0.1) is 0 Å². The molecule has 170 valence electrons. The zero-order valence-corrected chi connectivity index (χ0v) is 18.7. The molecule has 0 spiro atoms. The van der Waals surface area contributed by atoms with E-state index in [0.717, 1.165) is 5.57 Å². The molecule has 3 unspecified atom stereocenters. The van der Waals surface area contributed by atoms with E-state index in [2.05, 4.69) is 0 Å². The van der Waals surface area contributed by atoms with E-state index < -0.39 is 47.2 Å². The average molecular weight is 433 g/mol. The maximum atomic E-state index is 12.9. The quantitative estimate of drug-likeness (QED) is 0.495. The maximum absolute atomic E-state index is 12.9. The third-order valence-corrected chi connectivity index (χ3v) is 6.98. The van der Waals surface area contributed by atoms with E-state index in [1.54, 1.807) is 6.08 Å². The fourth-order valence-corrected chi connectivity index (χ4v) is 5.34. The number of ether oxygens (including phenoxy) is 2. The summed E-state index contributed by atoms with van der Waals surface area (Å²) in [6.45, 7) is 8.66. The van der Waals surface area contributed by atoms with Gasteiger partial charge in [0.1, 0.15) is 23.6 Å². The molecule has 3 N–H and O–H groups in total. The number of esters is 2. The van der Waals surface area contributed by atoms with E-state index in [9.17, 15) is 24.9 Å². The Kier molecular flexibility index (Phi) is 6.22. The number of aromatic hydroxyl groups is 1. The lowest BCUT2D eigenvalue weighted by Gasteiger charge is -2.44. The SMILES string of the molecule is CC(=O)OC1C[C@]2(C)C(O)CC(C)=C[C@H](OC(=O)c3ccc(O)cc3)C2[C@]1(O)C(C)C. The Morgan fingerprint density at radius 3 is 2.32 bits per heavy atom. The normalized spacial score (nSPS) is 35.2. The highest BCUT2D eigenvalue weighted by atomic mass is 16.6. The number of rotatable bonds is 4. The Bertz CT molecular complexity index is 874. The number of aliphatic hydroxyl groups excluding tert-OH is 1. The van der Waals surface area contributed by atoms with Gasteiger partial charge in [0, 0.05) is 18.3 Å². The molecule has 31 heavy (non-hydrogen) atoms. The zero-order chi connectivity index (χ0) is 23.1. The second-order valence-electron chi connectivity index (χ2n) is 9.48. The van der Waals surface area contributed by atoms with E-state index in [4.69, 9.17) is 9.47 Å². The molecule has 1 saturated carbocycles. The molecule has 0 aromatic heterocycles. The predicted octanol–water partition coefficient (Wildman–Crippen LogP) is 2.97. The van der Waals surface area contributed by atoms with Gasteiger partial charge >= 0.3 is 11.9 Å². The summed E-state index contributed by atoms with van der Waals surface area (Å²) >= 11 is 0. The highest BCUT2D eigenvalue weighted by molar-refractivity contribution is 5.89. The minimum atomic E-state index is -1.51. The van der Waals surface area contributed by atoms with E-state index in [-0.39, 0.29) is 23.7 Å². The lowest BCUT2D eigenvalue weighted by atomic mass is 9.66. The zero-order valence-electron chi connectivity index (χ0n) is 18.7. The Balaban J connectivity index is 2.06. The Morgan fingerprint density at radius 1 is 1.16 bits per heavy atom. The number of hydrogen-bond acceptors (Lipinski definition) is 7. The van der Waals surface area contributed by atoms with E-state index in [0.29, 0.717) is 6.42 Å². The van der Waals surface area contributed by atoms with Crippen LogP contribution in [0.5, 0.6) is 5.75 Å². The van der Waals surface area contributed by atoms with Crippen LogP contribution in [0.1, 0.15) is 57.8 Å². The number of carbonyl (C=O) groups is 2. The monoisotopic (exact) mass is 432 g/mol. The molecule has 1 aromatic rings. The summed E-state index contributed by atoms with van der Waals surface area (Å²) in [5, 5.41) is 32.5. The molecular weight excluding hydrogens is 400 g/mol. The Hall–Kier alpha value is -2.38. The van der Waals surface area contributed by atoms with Gasteiger partial charge in [0.15, 0.2) is 0 Å². The van der Waals surface area contributed by atoms with Crippen molar-refractivity contribution in [3.63, 3.8) is 0 Å². The van der Waals surface area contributed by atoms with Crippen LogP contribution in [0, 0.1) is 17.3 Å². The van der Waals surface area contributed by atoms with Crippen LogP contribution >= 0.6 is 0 Å². The maximum Gasteiger partial charge on any atom is 0.338 e. The number of carbonyl (C=O) groups excluding carboxylic acids is 2. The molecule has 0 bridgehead atoms. The Morgan fingerprint density at radius 2 is 1.77 bits per heavy atom. The summed E-state index contributed by atoms with van der Waals surface area (Å²) in [5.41, 5.74) is -1.25. The number of aliphatic hydroxyl groups is 2. The Labute approximate surface area is 182 Å². The molecule has 2 aliphatic rings. The van der Waals surface area contributed by atoms with Crippen molar-refractivity contribution in [3.05, 3.63) is 41.5 Å². The summed E-state index contributed by atoms with van der Waals surface area (Å²) < 4.78 is 11.4. The molecule has 0 saturated heterocycles. The van der Waals surface area contributed by atoms with Crippen molar-refractivity contribution in [2.24, 2.45) is 17.3 Å². The van der Waals surface area contributed by atoms with Crippen LogP contribution in [0.3, 0.4) is 0 Å². The van der Waals surface area contributed by atoms with Crippen molar-refractivity contribution in [3.8, 4) is 5.75 Å². The number of phenols is 1. The molecule has 2 aliphatic carbocycles. The van der Waals surface area contributed by atoms with Crippen molar-refractivity contribution < 1.29 is 34.4 Å². The first-order valence-corrected chi connectivity index (χ1v) is 10.6. The molecule has 1 fully saturated rings. The average Bonchev–Trinajstić information content (AvgIpc) is 2.84. The van der Waals surface area contributed by atoms with Gasteiger partial charge in [-0.05, 0) is 56.0 Å². The van der Waals surface area contributed by atoms with Crippen LogP contribution in [-0.4, -0.2) is 51.2 Å². The van der Waals surface area contributed by atoms with Gasteiger partial charge in [0.2, 0.25) is 0 Å². The van der Waals surface area contributed by atoms with Crippen LogP contribution < -0.4 is 0 Å². The van der Waals surface area contributed by atoms with Gasteiger partial charge in [-0.1, -0.05) is 26.3 Å². The van der Waals surface area contributed by atoms with E-state index in [1.807, 2.05) is 27.7 Å². The second-order valence-corrected chi connectivity index (χ2v) is 9.48. The fraction of sp³-hybridized carbons (Fsp3) is 0.583. The number of benzene rings is 1. The number of phenolic OH excluding ortho intramolecular Hbond substituents is 1. The van der Waals surface area contributed by atoms with Gasteiger partial charge in [-0.2, -0.15) is 0 Å². The van der Waals surface area contributed by atoms with Crippen molar-refractivity contribution in [1.82, 2.24) is 0 Å². The van der Waals surface area contributed by atoms with E-state index >= 15 is 0 Å². The molecule has 3 rings (SSSR count). The predicted molar refractivity (Wildman–Crippen MR) is 113 cm³/mol. The summed E-state index contributed by atoms with van der Waals surface area (Å²) in [5.74, 6) is -2.11. The molecule has 1 aromatic carbocycles. The summed E-state index contributed by atoms with van der Waals surface area (Å²) in [6, 6.07) is 5.72. The van der Waals surface area contributed by atoms with Gasteiger partial charge in [0.05, 0.1) is 11.7 Å². The molecule has 0 aliphatic heterocycles. The lowest BCUT2D eigenvalue weighted by Crippen LogP contribution is -2.56. The van der Waals surface area contributed by atoms with Crippen molar-refractivity contribution >= 4 is 11.9 Å². The van der Waals surface area contributed by atoms with E-state index in [1.165, 1.54) is 31.2 Å². The van der Waals surface area contributed by atoms with Gasteiger partial charge in [-0.25, -0.2) is 4.79 Å². The molecule has 0 heterocycles. The second kappa shape index (κ2) is 8.28. The third-order valence-electron chi connectivity index (χ3n) is 6.98. The highest BCUT2D eigenvalue weighted by Gasteiger charge is 2.67. The van der Waals surface area contributed by atoms with Crippen molar-refractivity contribution in [2.75, 3.05) is 0 Å². The van der Waals surface area contributed by atoms with Gasteiger partial charge in [0.25, 0.3) is 0 Å². The molecule has 7 nitrogen and oxygen atoms in total. The molecule has 7 heteroatoms. The fourth-order valence-electron chi connectivity index (χ4n) is 5.34. The van der Waals surface area contributed by atoms with Crippen LogP contribution in [0.25, 0.3) is 0 Å².